The molecule has 0 saturated carbocycles. The first kappa shape index (κ1) is 18.0. The van der Waals surface area contributed by atoms with E-state index < -0.39 is 0 Å². The number of aryl methyl sites for hydroxylation is 2. The largest absolute Gasteiger partial charge is 0.294 e. The van der Waals surface area contributed by atoms with Crippen molar-refractivity contribution < 1.29 is 4.84 Å². The summed E-state index contributed by atoms with van der Waals surface area (Å²) >= 11 is 0. The highest BCUT2D eigenvalue weighted by Gasteiger charge is 2.24. The lowest BCUT2D eigenvalue weighted by Gasteiger charge is -2.35. The smallest absolute Gasteiger partial charge is 0.0936 e. The third-order valence-electron chi connectivity index (χ3n) is 4.32. The van der Waals surface area contributed by atoms with Crippen LogP contribution in [0.5, 0.6) is 0 Å². The maximum Gasteiger partial charge on any atom is 0.0936 e. The molecule has 1 heterocycles. The number of piperidine rings is 1. The van der Waals surface area contributed by atoms with E-state index in [1.807, 2.05) is 0 Å². The van der Waals surface area contributed by atoms with Gasteiger partial charge in [0.2, 0.25) is 0 Å². The Morgan fingerprint density at radius 2 is 1.70 bits per heavy atom. The van der Waals surface area contributed by atoms with Crippen LogP contribution in [0.1, 0.15) is 47.6 Å². The van der Waals surface area contributed by atoms with Crippen LogP contribution >= 0.6 is 12.4 Å². The van der Waals surface area contributed by atoms with E-state index in [0.29, 0.717) is 12.6 Å². The van der Waals surface area contributed by atoms with Crippen LogP contribution in [0.15, 0.2) is 48.5 Å². The van der Waals surface area contributed by atoms with Gasteiger partial charge in [-0.2, -0.15) is 5.06 Å². The molecular weight excluding hydrogens is 306 g/mol. The van der Waals surface area contributed by atoms with Crippen LogP contribution < -0.4 is 0 Å². The van der Waals surface area contributed by atoms with Crippen molar-refractivity contribution in [2.24, 2.45) is 0 Å². The first-order chi connectivity index (χ1) is 10.7. The normalized spacial score (nSPS) is 18.4. The molecule has 1 unspecified atom stereocenters. The van der Waals surface area contributed by atoms with Gasteiger partial charge in [-0.25, -0.2) is 0 Å². The van der Waals surface area contributed by atoms with Crippen molar-refractivity contribution in [1.29, 1.82) is 0 Å². The number of nitrogens with zero attached hydrogens (tertiary/aromatic N) is 1. The molecular formula is C20H26ClNO. The molecule has 0 radical (unpaired) electrons. The van der Waals surface area contributed by atoms with Crippen molar-refractivity contribution in [1.82, 2.24) is 5.06 Å². The average Bonchev–Trinajstić information content (AvgIpc) is 2.53. The highest BCUT2D eigenvalue weighted by molar-refractivity contribution is 5.85. The van der Waals surface area contributed by atoms with Gasteiger partial charge in [-0.05, 0) is 37.8 Å². The lowest BCUT2D eigenvalue weighted by molar-refractivity contribution is -0.209. The molecule has 2 aromatic carbocycles. The standard InChI is InChI=1S/C20H25NO.ClH/c1-16-12-17(2)14-18(13-16)15-22-21-11-7-6-10-20(21)19-8-4-3-5-9-19;/h3-5,8-9,12-14,20H,6-7,10-11,15H2,1-2H3;1H. The van der Waals surface area contributed by atoms with Crippen LogP contribution in [0, 0.1) is 13.8 Å². The number of halogens is 1. The maximum absolute atomic E-state index is 6.18. The minimum absolute atomic E-state index is 0. The van der Waals surface area contributed by atoms with Crippen molar-refractivity contribution >= 4 is 12.4 Å². The van der Waals surface area contributed by atoms with Gasteiger partial charge in [-0.15, -0.1) is 12.4 Å². The molecule has 3 rings (SSSR count). The van der Waals surface area contributed by atoms with E-state index in [1.54, 1.807) is 0 Å². The Bertz CT molecular complexity index is 594. The van der Waals surface area contributed by atoms with Crippen LogP contribution in [0.25, 0.3) is 0 Å². The molecule has 1 atom stereocenters. The Kier molecular flexibility index (Phi) is 6.64. The molecule has 23 heavy (non-hydrogen) atoms. The van der Waals surface area contributed by atoms with E-state index in [0.717, 1.165) is 6.54 Å². The molecule has 0 amide bonds. The summed E-state index contributed by atoms with van der Waals surface area (Å²) in [4.78, 5) is 6.18. The van der Waals surface area contributed by atoms with Gasteiger partial charge in [0, 0.05) is 6.54 Å². The van der Waals surface area contributed by atoms with Gasteiger partial charge in [0.1, 0.15) is 0 Å². The number of benzene rings is 2. The second kappa shape index (κ2) is 8.49. The number of hydrogen-bond acceptors (Lipinski definition) is 2. The summed E-state index contributed by atoms with van der Waals surface area (Å²) in [5, 5.41) is 2.19. The summed E-state index contributed by atoms with van der Waals surface area (Å²) < 4.78 is 0. The first-order valence-electron chi connectivity index (χ1n) is 8.24. The molecule has 0 bridgehead atoms. The minimum Gasteiger partial charge on any atom is -0.294 e. The van der Waals surface area contributed by atoms with E-state index >= 15 is 0 Å². The zero-order valence-corrected chi connectivity index (χ0v) is 14.8. The number of rotatable bonds is 4. The zero-order valence-electron chi connectivity index (χ0n) is 14.0. The maximum atomic E-state index is 6.18. The molecule has 2 aromatic rings. The molecule has 0 aliphatic carbocycles. The minimum atomic E-state index is 0. The van der Waals surface area contributed by atoms with Crippen LogP contribution in [0.3, 0.4) is 0 Å². The van der Waals surface area contributed by atoms with E-state index in [2.05, 4.69) is 67.4 Å². The lowest BCUT2D eigenvalue weighted by atomic mass is 9.97. The van der Waals surface area contributed by atoms with E-state index in [4.69, 9.17) is 4.84 Å². The highest BCUT2D eigenvalue weighted by atomic mass is 35.5. The summed E-state index contributed by atoms with van der Waals surface area (Å²) in [6, 6.07) is 17.8. The van der Waals surface area contributed by atoms with E-state index in [9.17, 15) is 0 Å². The summed E-state index contributed by atoms with van der Waals surface area (Å²) in [5.41, 5.74) is 5.23. The summed E-state index contributed by atoms with van der Waals surface area (Å²) in [5.74, 6) is 0. The number of hydrogen-bond donors (Lipinski definition) is 0. The van der Waals surface area contributed by atoms with Crippen molar-refractivity contribution in [2.75, 3.05) is 6.54 Å². The van der Waals surface area contributed by atoms with Gasteiger partial charge in [-0.3, -0.25) is 4.84 Å². The van der Waals surface area contributed by atoms with Crippen molar-refractivity contribution in [2.45, 2.75) is 45.8 Å². The first-order valence-corrected chi connectivity index (χ1v) is 8.24. The SMILES string of the molecule is Cc1cc(C)cc(CON2CCCCC2c2ccccc2)c1.Cl. The van der Waals surface area contributed by atoms with E-state index in [1.165, 1.54) is 41.5 Å². The van der Waals surface area contributed by atoms with Crippen molar-refractivity contribution in [3.63, 3.8) is 0 Å². The van der Waals surface area contributed by atoms with E-state index in [-0.39, 0.29) is 12.4 Å². The predicted molar refractivity (Wildman–Crippen MR) is 97.7 cm³/mol. The van der Waals surface area contributed by atoms with Gasteiger partial charge < -0.3 is 0 Å². The van der Waals surface area contributed by atoms with Gasteiger partial charge in [-0.1, -0.05) is 66.1 Å². The fraction of sp³-hybridized carbons (Fsp3) is 0.400. The molecule has 1 saturated heterocycles. The fourth-order valence-corrected chi connectivity index (χ4v) is 3.38. The molecule has 124 valence electrons. The third kappa shape index (κ3) is 4.81. The molecule has 1 aliphatic rings. The van der Waals surface area contributed by atoms with Gasteiger partial charge in [0.25, 0.3) is 0 Å². The summed E-state index contributed by atoms with van der Waals surface area (Å²) in [6.45, 7) is 5.96. The Morgan fingerprint density at radius 1 is 1.00 bits per heavy atom. The van der Waals surface area contributed by atoms with Crippen LogP contribution in [0.4, 0.5) is 0 Å². The molecule has 0 N–H and O–H groups in total. The third-order valence-corrected chi connectivity index (χ3v) is 4.32. The quantitative estimate of drug-likeness (QED) is 0.745. The Morgan fingerprint density at radius 3 is 2.39 bits per heavy atom. The molecule has 3 heteroatoms. The zero-order chi connectivity index (χ0) is 15.4. The Balaban J connectivity index is 0.00000192. The number of hydroxylamine groups is 2. The van der Waals surface area contributed by atoms with Gasteiger partial charge in [0.05, 0.1) is 12.6 Å². The lowest BCUT2D eigenvalue weighted by Crippen LogP contribution is -2.33. The highest BCUT2D eigenvalue weighted by Crippen LogP contribution is 2.31. The molecule has 2 nitrogen and oxygen atoms in total. The van der Waals surface area contributed by atoms with Gasteiger partial charge >= 0.3 is 0 Å². The van der Waals surface area contributed by atoms with Crippen LogP contribution in [0.2, 0.25) is 0 Å². The monoisotopic (exact) mass is 331 g/mol. The summed E-state index contributed by atoms with van der Waals surface area (Å²) in [6.07, 6.45) is 3.68. The van der Waals surface area contributed by atoms with Gasteiger partial charge in [0.15, 0.2) is 0 Å². The second-order valence-corrected chi connectivity index (χ2v) is 6.33. The summed E-state index contributed by atoms with van der Waals surface area (Å²) in [7, 11) is 0. The van der Waals surface area contributed by atoms with Crippen LogP contribution in [-0.4, -0.2) is 11.6 Å². The van der Waals surface area contributed by atoms with Crippen molar-refractivity contribution in [3.05, 3.63) is 70.8 Å². The fourth-order valence-electron chi connectivity index (χ4n) is 3.38. The molecule has 1 fully saturated rings. The Hall–Kier alpha value is -1.35. The second-order valence-electron chi connectivity index (χ2n) is 6.33. The molecule has 1 aliphatic heterocycles. The molecule has 0 aromatic heterocycles. The predicted octanol–water partition coefficient (Wildman–Crippen LogP) is 5.38. The van der Waals surface area contributed by atoms with Crippen molar-refractivity contribution in [3.8, 4) is 0 Å². The van der Waals surface area contributed by atoms with Crippen LogP contribution in [-0.2, 0) is 11.4 Å². The molecule has 0 spiro atoms. The topological polar surface area (TPSA) is 12.5 Å². The average molecular weight is 332 g/mol. The Labute approximate surface area is 145 Å².